The molecule has 0 aromatic rings. The highest BCUT2D eigenvalue weighted by molar-refractivity contribution is 5.81. The number of piperidine rings is 1. The summed E-state index contributed by atoms with van der Waals surface area (Å²) in [4.78, 5) is 12.1. The summed E-state index contributed by atoms with van der Waals surface area (Å²) in [6, 6.07) is -0.0337. The van der Waals surface area contributed by atoms with E-state index in [2.05, 4.69) is 31.4 Å². The highest BCUT2D eigenvalue weighted by atomic mass is 16.3. The van der Waals surface area contributed by atoms with Crippen LogP contribution in [0.2, 0.25) is 0 Å². The molecule has 3 N–H and O–H groups in total. The minimum Gasteiger partial charge on any atom is -0.396 e. The van der Waals surface area contributed by atoms with E-state index in [9.17, 15) is 4.79 Å². The van der Waals surface area contributed by atoms with Crippen molar-refractivity contribution in [2.45, 2.75) is 52.5 Å². The summed E-state index contributed by atoms with van der Waals surface area (Å²) in [6.45, 7) is 8.05. The Morgan fingerprint density at radius 2 is 2.22 bits per heavy atom. The number of rotatable bonds is 6. The van der Waals surface area contributed by atoms with Crippen LogP contribution < -0.4 is 10.6 Å². The summed E-state index contributed by atoms with van der Waals surface area (Å²) in [6.07, 6.45) is 3.99. The third kappa shape index (κ3) is 4.94. The van der Waals surface area contributed by atoms with Crippen molar-refractivity contribution in [3.63, 3.8) is 0 Å². The second-order valence-corrected chi connectivity index (χ2v) is 6.16. The van der Waals surface area contributed by atoms with Gasteiger partial charge in [-0.15, -0.1) is 0 Å². The zero-order valence-corrected chi connectivity index (χ0v) is 12.0. The summed E-state index contributed by atoms with van der Waals surface area (Å²) in [5.41, 5.74) is -0.0385. The minimum atomic E-state index is -0.0385. The minimum absolute atomic E-state index is 0.0337. The van der Waals surface area contributed by atoms with Gasteiger partial charge in [-0.05, 0) is 37.1 Å². The molecule has 1 rings (SSSR count). The van der Waals surface area contributed by atoms with Gasteiger partial charge < -0.3 is 15.7 Å². The van der Waals surface area contributed by atoms with E-state index in [-0.39, 0.29) is 24.0 Å². The van der Waals surface area contributed by atoms with E-state index in [4.69, 9.17) is 5.11 Å². The Morgan fingerprint density at radius 1 is 1.50 bits per heavy atom. The number of aliphatic hydroxyl groups is 1. The number of amides is 1. The molecule has 1 aliphatic rings. The first-order valence-electron chi connectivity index (χ1n) is 7.10. The molecule has 106 valence electrons. The summed E-state index contributed by atoms with van der Waals surface area (Å²) in [5.74, 6) is 0.784. The van der Waals surface area contributed by atoms with Gasteiger partial charge >= 0.3 is 0 Å². The third-order valence-corrected chi connectivity index (χ3v) is 3.94. The summed E-state index contributed by atoms with van der Waals surface area (Å²) < 4.78 is 0. The van der Waals surface area contributed by atoms with Gasteiger partial charge in [0.05, 0.1) is 6.04 Å². The molecule has 1 fully saturated rings. The molecular formula is C14H28N2O2. The molecule has 2 unspecified atom stereocenters. The smallest absolute Gasteiger partial charge is 0.237 e. The normalized spacial score (nSPS) is 24.9. The van der Waals surface area contributed by atoms with Crippen molar-refractivity contribution in [1.82, 2.24) is 10.6 Å². The van der Waals surface area contributed by atoms with Gasteiger partial charge in [-0.3, -0.25) is 4.79 Å². The number of hydrogen-bond acceptors (Lipinski definition) is 3. The molecule has 4 heteroatoms. The first-order chi connectivity index (χ1) is 8.48. The molecule has 0 radical (unpaired) electrons. The van der Waals surface area contributed by atoms with Crippen molar-refractivity contribution in [3.8, 4) is 0 Å². The Balaban J connectivity index is 2.36. The highest BCUT2D eigenvalue weighted by Gasteiger charge is 2.27. The second kappa shape index (κ2) is 7.10. The molecule has 2 atom stereocenters. The van der Waals surface area contributed by atoms with Gasteiger partial charge in [-0.25, -0.2) is 0 Å². The molecular weight excluding hydrogens is 228 g/mol. The first-order valence-corrected chi connectivity index (χ1v) is 7.10. The predicted molar refractivity (Wildman–Crippen MR) is 73.3 cm³/mol. The van der Waals surface area contributed by atoms with Gasteiger partial charge in [-0.1, -0.05) is 27.2 Å². The summed E-state index contributed by atoms with van der Waals surface area (Å²) >= 11 is 0. The molecule has 4 nitrogen and oxygen atoms in total. The maximum Gasteiger partial charge on any atom is 0.237 e. The fourth-order valence-corrected chi connectivity index (χ4v) is 2.41. The Kier molecular flexibility index (Phi) is 6.09. The van der Waals surface area contributed by atoms with E-state index in [0.717, 1.165) is 19.4 Å². The quantitative estimate of drug-likeness (QED) is 0.671. The topological polar surface area (TPSA) is 61.4 Å². The lowest BCUT2D eigenvalue weighted by Crippen LogP contribution is -2.50. The molecule has 1 amide bonds. The Bertz CT molecular complexity index is 267. The van der Waals surface area contributed by atoms with Crippen LogP contribution in [0, 0.1) is 11.3 Å². The van der Waals surface area contributed by atoms with Crippen LogP contribution in [-0.4, -0.2) is 36.8 Å². The molecule has 1 saturated heterocycles. The lowest BCUT2D eigenvalue weighted by Gasteiger charge is -2.30. The number of carbonyl (C=O) groups excluding carboxylic acids is 1. The average Bonchev–Trinajstić information content (AvgIpc) is 2.36. The van der Waals surface area contributed by atoms with Gasteiger partial charge in [0.2, 0.25) is 5.91 Å². The molecule has 0 aliphatic carbocycles. The number of hydrogen-bond donors (Lipinski definition) is 3. The van der Waals surface area contributed by atoms with Crippen LogP contribution >= 0.6 is 0 Å². The van der Waals surface area contributed by atoms with Crippen LogP contribution in [0.25, 0.3) is 0 Å². The van der Waals surface area contributed by atoms with Crippen LogP contribution in [-0.2, 0) is 4.79 Å². The molecule has 18 heavy (non-hydrogen) atoms. The monoisotopic (exact) mass is 256 g/mol. The zero-order valence-electron chi connectivity index (χ0n) is 12.0. The molecule has 0 saturated carbocycles. The zero-order chi connectivity index (χ0) is 13.6. The maximum atomic E-state index is 12.1. The fourth-order valence-electron chi connectivity index (χ4n) is 2.41. The van der Waals surface area contributed by atoms with Crippen LogP contribution in [0.5, 0.6) is 0 Å². The van der Waals surface area contributed by atoms with E-state index in [1.807, 2.05) is 0 Å². The molecule has 1 heterocycles. The number of aliphatic hydroxyl groups excluding tert-OH is 1. The van der Waals surface area contributed by atoms with E-state index in [1.54, 1.807) is 0 Å². The van der Waals surface area contributed by atoms with Gasteiger partial charge in [0.15, 0.2) is 0 Å². The Hall–Kier alpha value is -0.610. The molecule has 1 aliphatic heterocycles. The standard InChI is InChI=1S/C14H28N2O2/c1-4-11-5-7-15-12(9-11)13(18)16-10-14(2,3)6-8-17/h11-12,15,17H,4-10H2,1-3H3,(H,16,18). The van der Waals surface area contributed by atoms with Crippen molar-refractivity contribution >= 4 is 5.91 Å². The Labute approximate surface area is 111 Å². The van der Waals surface area contributed by atoms with Gasteiger partial charge in [0, 0.05) is 13.2 Å². The molecule has 0 bridgehead atoms. The van der Waals surface area contributed by atoms with Crippen molar-refractivity contribution in [2.24, 2.45) is 11.3 Å². The number of nitrogens with one attached hydrogen (secondary N) is 2. The summed E-state index contributed by atoms with van der Waals surface area (Å²) in [5, 5.41) is 15.3. The van der Waals surface area contributed by atoms with Crippen LogP contribution in [0.4, 0.5) is 0 Å². The van der Waals surface area contributed by atoms with Crippen molar-refractivity contribution in [3.05, 3.63) is 0 Å². The average molecular weight is 256 g/mol. The SMILES string of the molecule is CCC1CCNC(C(=O)NCC(C)(C)CCO)C1. The van der Waals surface area contributed by atoms with Crippen molar-refractivity contribution in [2.75, 3.05) is 19.7 Å². The van der Waals surface area contributed by atoms with E-state index in [1.165, 1.54) is 6.42 Å². The number of carbonyl (C=O) groups is 1. The summed E-state index contributed by atoms with van der Waals surface area (Å²) in [7, 11) is 0. The molecule has 0 aromatic heterocycles. The van der Waals surface area contributed by atoms with E-state index in [0.29, 0.717) is 18.9 Å². The molecule has 0 spiro atoms. The van der Waals surface area contributed by atoms with E-state index >= 15 is 0 Å². The lowest BCUT2D eigenvalue weighted by atomic mass is 9.88. The fraction of sp³-hybridized carbons (Fsp3) is 0.929. The van der Waals surface area contributed by atoms with E-state index < -0.39 is 0 Å². The lowest BCUT2D eigenvalue weighted by molar-refractivity contribution is -0.124. The Morgan fingerprint density at radius 3 is 2.83 bits per heavy atom. The highest BCUT2D eigenvalue weighted by Crippen LogP contribution is 2.21. The van der Waals surface area contributed by atoms with Gasteiger partial charge in [0.25, 0.3) is 0 Å². The first kappa shape index (κ1) is 15.4. The molecule has 0 aromatic carbocycles. The van der Waals surface area contributed by atoms with Crippen LogP contribution in [0.1, 0.15) is 46.5 Å². The van der Waals surface area contributed by atoms with Crippen LogP contribution in [0.15, 0.2) is 0 Å². The van der Waals surface area contributed by atoms with Gasteiger partial charge in [-0.2, -0.15) is 0 Å². The second-order valence-electron chi connectivity index (χ2n) is 6.16. The van der Waals surface area contributed by atoms with Crippen molar-refractivity contribution in [1.29, 1.82) is 0 Å². The maximum absolute atomic E-state index is 12.1. The largest absolute Gasteiger partial charge is 0.396 e. The third-order valence-electron chi connectivity index (χ3n) is 3.94. The predicted octanol–water partition coefficient (Wildman–Crippen LogP) is 1.29. The van der Waals surface area contributed by atoms with Gasteiger partial charge in [0.1, 0.15) is 0 Å². The van der Waals surface area contributed by atoms with Crippen LogP contribution in [0.3, 0.4) is 0 Å². The van der Waals surface area contributed by atoms with Crippen molar-refractivity contribution < 1.29 is 9.90 Å².